The van der Waals surface area contributed by atoms with E-state index in [-0.39, 0.29) is 16.1 Å². The maximum atomic E-state index is 12.8. The molecule has 0 aromatic heterocycles. The summed E-state index contributed by atoms with van der Waals surface area (Å²) >= 11 is 6.10. The fraction of sp³-hybridized carbons (Fsp3) is 0.208. The van der Waals surface area contributed by atoms with Gasteiger partial charge >= 0.3 is 5.97 Å². The molecule has 1 fully saturated rings. The third-order valence-electron chi connectivity index (χ3n) is 5.66. The number of carbonyl (C=O) groups is 1. The van der Waals surface area contributed by atoms with E-state index >= 15 is 0 Å². The molecular formula is C24H24ClN3O4S. The third-order valence-corrected chi connectivity index (χ3v) is 7.43. The van der Waals surface area contributed by atoms with Crippen molar-refractivity contribution in [1.29, 1.82) is 0 Å². The number of nitrogens with zero attached hydrogens (tertiary/aromatic N) is 2. The molecule has 33 heavy (non-hydrogen) atoms. The Balaban J connectivity index is 1.54. The lowest BCUT2D eigenvalue weighted by Gasteiger charge is -2.38. The van der Waals surface area contributed by atoms with Crippen molar-refractivity contribution < 1.29 is 18.3 Å². The molecule has 1 aliphatic rings. The van der Waals surface area contributed by atoms with E-state index < -0.39 is 16.0 Å². The van der Waals surface area contributed by atoms with Gasteiger partial charge in [0.05, 0.1) is 16.1 Å². The maximum Gasteiger partial charge on any atom is 0.337 e. The summed E-state index contributed by atoms with van der Waals surface area (Å²) in [5.41, 5.74) is 2.46. The number of hydrogen-bond acceptors (Lipinski definition) is 5. The summed E-state index contributed by atoms with van der Waals surface area (Å²) in [7, 11) is -3.84. The fourth-order valence-electron chi connectivity index (χ4n) is 3.99. The number of aromatic carboxylic acids is 1. The van der Waals surface area contributed by atoms with Crippen molar-refractivity contribution in [3.63, 3.8) is 0 Å². The Bertz CT molecular complexity index is 1290. The molecule has 0 radical (unpaired) electrons. The second-order valence-electron chi connectivity index (χ2n) is 7.86. The van der Waals surface area contributed by atoms with Crippen LogP contribution in [0.25, 0.3) is 0 Å². The van der Waals surface area contributed by atoms with E-state index in [1.54, 1.807) is 37.3 Å². The zero-order chi connectivity index (χ0) is 23.6. The molecule has 0 spiro atoms. The second-order valence-corrected chi connectivity index (χ2v) is 9.95. The molecule has 1 saturated heterocycles. The number of halogens is 1. The first-order valence-corrected chi connectivity index (χ1v) is 12.3. The molecule has 0 unspecified atom stereocenters. The predicted octanol–water partition coefficient (Wildman–Crippen LogP) is 4.47. The Morgan fingerprint density at radius 2 is 1.64 bits per heavy atom. The first-order chi connectivity index (χ1) is 15.7. The topological polar surface area (TPSA) is 90.0 Å². The summed E-state index contributed by atoms with van der Waals surface area (Å²) in [6.07, 6.45) is 0. The van der Waals surface area contributed by atoms with Crippen molar-refractivity contribution in [3.8, 4) is 0 Å². The molecule has 9 heteroatoms. The van der Waals surface area contributed by atoms with Gasteiger partial charge < -0.3 is 14.9 Å². The molecule has 0 amide bonds. The van der Waals surface area contributed by atoms with Crippen LogP contribution in [0.5, 0.6) is 0 Å². The molecule has 0 aliphatic carbocycles. The average Bonchev–Trinajstić information content (AvgIpc) is 2.79. The first kappa shape index (κ1) is 22.9. The van der Waals surface area contributed by atoms with E-state index in [1.807, 2.05) is 29.2 Å². The summed E-state index contributed by atoms with van der Waals surface area (Å²) in [6.45, 7) is 4.38. The standard InChI is InChI=1S/C24H24ClN3O4S/c1-17-5-2-3-8-23(17)33(31,32)26-19-9-10-22(21(16-19)24(29)30)28-13-11-27(12-14-28)20-7-4-6-18(25)15-20/h2-10,15-16,26H,11-14H2,1H3,(H,29,30). The normalized spacial score (nSPS) is 14.2. The monoisotopic (exact) mass is 485 g/mol. The van der Waals surface area contributed by atoms with Gasteiger partial charge in [0.2, 0.25) is 0 Å². The summed E-state index contributed by atoms with van der Waals surface area (Å²) in [5.74, 6) is -1.11. The lowest BCUT2D eigenvalue weighted by molar-refractivity contribution is 0.0697. The van der Waals surface area contributed by atoms with E-state index in [0.29, 0.717) is 42.5 Å². The van der Waals surface area contributed by atoms with E-state index in [4.69, 9.17) is 11.6 Å². The number of nitrogens with one attached hydrogen (secondary N) is 1. The van der Waals surface area contributed by atoms with Gasteiger partial charge in [-0.25, -0.2) is 13.2 Å². The van der Waals surface area contributed by atoms with Crippen LogP contribution >= 0.6 is 11.6 Å². The van der Waals surface area contributed by atoms with Gasteiger partial charge in [0.1, 0.15) is 0 Å². The van der Waals surface area contributed by atoms with Crippen molar-refractivity contribution in [2.24, 2.45) is 0 Å². The molecule has 2 N–H and O–H groups in total. The lowest BCUT2D eigenvalue weighted by atomic mass is 10.1. The number of sulfonamides is 1. The van der Waals surface area contributed by atoms with Crippen molar-refractivity contribution in [3.05, 3.63) is 82.9 Å². The van der Waals surface area contributed by atoms with Gasteiger partial charge in [-0.2, -0.15) is 0 Å². The summed E-state index contributed by atoms with van der Waals surface area (Å²) < 4.78 is 28.1. The lowest BCUT2D eigenvalue weighted by Crippen LogP contribution is -2.47. The molecule has 3 aromatic carbocycles. The molecule has 1 aliphatic heterocycles. The first-order valence-electron chi connectivity index (χ1n) is 10.5. The Labute approximate surface area is 198 Å². The smallest absolute Gasteiger partial charge is 0.337 e. The minimum atomic E-state index is -3.84. The van der Waals surface area contributed by atoms with E-state index in [1.165, 1.54) is 12.1 Å². The van der Waals surface area contributed by atoms with Gasteiger partial charge in [0, 0.05) is 42.6 Å². The quantitative estimate of drug-likeness (QED) is 0.535. The molecule has 0 atom stereocenters. The molecule has 7 nitrogen and oxygen atoms in total. The minimum Gasteiger partial charge on any atom is -0.478 e. The molecule has 172 valence electrons. The summed E-state index contributed by atoms with van der Waals surface area (Å²) in [6, 6.07) is 18.9. The zero-order valence-electron chi connectivity index (χ0n) is 18.0. The number of carboxylic acids is 1. The maximum absolute atomic E-state index is 12.8. The van der Waals surface area contributed by atoms with Gasteiger partial charge in [0.25, 0.3) is 10.0 Å². The Hall–Kier alpha value is -3.23. The molecule has 0 bridgehead atoms. The zero-order valence-corrected chi connectivity index (χ0v) is 19.6. The van der Waals surface area contributed by atoms with Crippen LogP contribution in [0, 0.1) is 6.92 Å². The number of anilines is 3. The van der Waals surface area contributed by atoms with Crippen molar-refractivity contribution in [1.82, 2.24) is 0 Å². The van der Waals surface area contributed by atoms with Crippen LogP contribution < -0.4 is 14.5 Å². The summed E-state index contributed by atoms with van der Waals surface area (Å²) in [4.78, 5) is 16.4. The van der Waals surface area contributed by atoms with E-state index in [9.17, 15) is 18.3 Å². The van der Waals surface area contributed by atoms with Crippen LogP contribution in [-0.2, 0) is 10.0 Å². The van der Waals surface area contributed by atoms with Crippen molar-refractivity contribution in [2.75, 3.05) is 40.7 Å². The van der Waals surface area contributed by atoms with Crippen LogP contribution in [0.15, 0.2) is 71.6 Å². The number of piperazine rings is 1. The number of rotatable bonds is 6. The van der Waals surface area contributed by atoms with E-state index in [0.717, 1.165) is 5.69 Å². The molecule has 4 rings (SSSR count). The van der Waals surface area contributed by atoms with Gasteiger partial charge in [-0.3, -0.25) is 4.72 Å². The van der Waals surface area contributed by atoms with Gasteiger partial charge in [0.15, 0.2) is 0 Å². The van der Waals surface area contributed by atoms with Crippen molar-refractivity contribution in [2.45, 2.75) is 11.8 Å². The van der Waals surface area contributed by atoms with Crippen molar-refractivity contribution >= 4 is 44.7 Å². The number of carboxylic acid groups (broad SMARTS) is 1. The highest BCUT2D eigenvalue weighted by Crippen LogP contribution is 2.29. The Morgan fingerprint density at radius 3 is 2.30 bits per heavy atom. The number of aryl methyl sites for hydroxylation is 1. The second kappa shape index (κ2) is 9.33. The van der Waals surface area contributed by atoms with Crippen LogP contribution in [0.2, 0.25) is 5.02 Å². The highest BCUT2D eigenvalue weighted by Gasteiger charge is 2.23. The predicted molar refractivity (Wildman–Crippen MR) is 131 cm³/mol. The molecule has 1 heterocycles. The average molecular weight is 486 g/mol. The van der Waals surface area contributed by atoms with Gasteiger partial charge in [-0.05, 0) is 55.0 Å². The Morgan fingerprint density at radius 1 is 0.939 bits per heavy atom. The fourth-order valence-corrected chi connectivity index (χ4v) is 5.47. The molecule has 3 aromatic rings. The molecule has 0 saturated carbocycles. The largest absolute Gasteiger partial charge is 0.478 e. The third kappa shape index (κ3) is 5.07. The number of hydrogen-bond donors (Lipinski definition) is 2. The van der Waals surface area contributed by atoms with Crippen LogP contribution in [0.3, 0.4) is 0 Å². The molecular weight excluding hydrogens is 462 g/mol. The minimum absolute atomic E-state index is 0.0520. The van der Waals surface area contributed by atoms with Gasteiger partial charge in [-0.1, -0.05) is 35.9 Å². The highest BCUT2D eigenvalue weighted by molar-refractivity contribution is 7.92. The van der Waals surface area contributed by atoms with E-state index in [2.05, 4.69) is 9.62 Å². The number of benzene rings is 3. The summed E-state index contributed by atoms with van der Waals surface area (Å²) in [5, 5.41) is 10.5. The highest BCUT2D eigenvalue weighted by atomic mass is 35.5. The van der Waals surface area contributed by atoms with Crippen LogP contribution in [0.1, 0.15) is 15.9 Å². The van der Waals surface area contributed by atoms with Crippen LogP contribution in [0.4, 0.5) is 17.1 Å². The Kier molecular flexibility index (Phi) is 6.49. The van der Waals surface area contributed by atoms with Crippen LogP contribution in [-0.4, -0.2) is 45.7 Å². The SMILES string of the molecule is Cc1ccccc1S(=O)(=O)Nc1ccc(N2CCN(c3cccc(Cl)c3)CC2)c(C(=O)O)c1. The van der Waals surface area contributed by atoms with Gasteiger partial charge in [-0.15, -0.1) is 0 Å².